The van der Waals surface area contributed by atoms with Gasteiger partial charge in [-0.1, -0.05) is 36.4 Å². The molecule has 2 aromatic heterocycles. The van der Waals surface area contributed by atoms with E-state index in [2.05, 4.69) is 15.4 Å². The van der Waals surface area contributed by atoms with Gasteiger partial charge in [-0.05, 0) is 17.7 Å². The molecule has 25 heavy (non-hydrogen) atoms. The van der Waals surface area contributed by atoms with Crippen LogP contribution in [0.25, 0.3) is 21.8 Å². The zero-order valence-electron chi connectivity index (χ0n) is 13.5. The summed E-state index contributed by atoms with van der Waals surface area (Å²) in [5.74, 6) is -0.504. The number of rotatable bonds is 5. The first-order chi connectivity index (χ1) is 12.2. The Balaban J connectivity index is 1.42. The molecule has 0 radical (unpaired) electrons. The van der Waals surface area contributed by atoms with Crippen LogP contribution in [0.3, 0.4) is 0 Å². The Hall–Kier alpha value is -3.25. The highest BCUT2D eigenvalue weighted by Crippen LogP contribution is 2.23. The van der Waals surface area contributed by atoms with Crippen molar-refractivity contribution in [2.45, 2.75) is 12.5 Å². The summed E-state index contributed by atoms with van der Waals surface area (Å²) < 4.78 is 0. The van der Waals surface area contributed by atoms with E-state index in [1.54, 1.807) is 6.20 Å². The number of nitrogens with two attached hydrogens (primary N) is 1. The normalized spacial score (nSPS) is 12.4. The summed E-state index contributed by atoms with van der Waals surface area (Å²) >= 11 is 0. The third-order valence-electron chi connectivity index (χ3n) is 4.27. The fraction of sp³-hybridized carbons (Fsp3) is 0.105. The van der Waals surface area contributed by atoms with E-state index in [4.69, 9.17) is 10.6 Å². The summed E-state index contributed by atoms with van der Waals surface area (Å²) in [4.78, 5) is 23.7. The van der Waals surface area contributed by atoms with Gasteiger partial charge in [0.2, 0.25) is 0 Å². The number of hydrogen-bond donors (Lipinski definition) is 4. The molecule has 126 valence electrons. The zero-order chi connectivity index (χ0) is 17.2. The van der Waals surface area contributed by atoms with Crippen LogP contribution in [0.5, 0.6) is 0 Å². The van der Waals surface area contributed by atoms with Crippen molar-refractivity contribution >= 4 is 33.5 Å². The van der Waals surface area contributed by atoms with Crippen LogP contribution in [0.2, 0.25) is 0 Å². The van der Waals surface area contributed by atoms with Crippen LogP contribution in [-0.2, 0) is 16.1 Å². The molecule has 4 aromatic rings. The number of para-hydroxylation sites is 2. The molecule has 4 rings (SSSR count). The molecule has 0 amide bonds. The molecule has 0 bridgehead atoms. The number of nitrogens with one attached hydrogen (secondary N) is 3. The Labute approximate surface area is 143 Å². The second-order valence-electron chi connectivity index (χ2n) is 5.94. The van der Waals surface area contributed by atoms with Gasteiger partial charge in [-0.2, -0.15) is 0 Å². The van der Waals surface area contributed by atoms with Crippen molar-refractivity contribution in [3.05, 3.63) is 66.5 Å². The smallest absolute Gasteiger partial charge is 0.348 e. The highest BCUT2D eigenvalue weighted by atomic mass is 16.7. The number of aromatic nitrogens is 2. The first-order valence-electron chi connectivity index (χ1n) is 8.06. The molecule has 2 heterocycles. The molecule has 6 heteroatoms. The second kappa shape index (κ2) is 6.33. The van der Waals surface area contributed by atoms with Crippen molar-refractivity contribution in [3.63, 3.8) is 0 Å². The molecule has 0 fully saturated rings. The lowest BCUT2D eigenvalue weighted by molar-refractivity contribution is -0.142. The summed E-state index contributed by atoms with van der Waals surface area (Å²) in [7, 11) is 0. The van der Waals surface area contributed by atoms with Crippen molar-refractivity contribution in [2.24, 2.45) is 5.73 Å². The third kappa shape index (κ3) is 2.95. The number of aromatic amines is 2. The number of carbonyl (C=O) groups is 1. The lowest BCUT2D eigenvalue weighted by Crippen LogP contribution is -2.35. The number of H-pyrrole nitrogens is 2. The molecule has 2 aromatic carbocycles. The number of anilines is 1. The van der Waals surface area contributed by atoms with Crippen LogP contribution >= 0.6 is 0 Å². The van der Waals surface area contributed by atoms with E-state index in [0.717, 1.165) is 27.4 Å². The maximum absolute atomic E-state index is 12.2. The van der Waals surface area contributed by atoms with E-state index in [1.165, 1.54) is 0 Å². The van der Waals surface area contributed by atoms with Gasteiger partial charge in [-0.25, -0.2) is 10.3 Å². The molecule has 0 saturated heterocycles. The monoisotopic (exact) mass is 334 g/mol. The van der Waals surface area contributed by atoms with Crippen molar-refractivity contribution < 1.29 is 9.63 Å². The van der Waals surface area contributed by atoms with E-state index in [1.807, 2.05) is 54.7 Å². The average Bonchev–Trinajstić information content (AvgIpc) is 3.24. The molecule has 0 saturated carbocycles. The van der Waals surface area contributed by atoms with Crippen molar-refractivity contribution in [1.82, 2.24) is 9.97 Å². The Morgan fingerprint density at radius 1 is 1.00 bits per heavy atom. The Kier molecular flexibility index (Phi) is 3.87. The van der Waals surface area contributed by atoms with E-state index in [0.29, 0.717) is 12.1 Å². The Morgan fingerprint density at radius 2 is 1.64 bits per heavy atom. The molecule has 0 aliphatic rings. The van der Waals surface area contributed by atoms with Crippen LogP contribution in [-0.4, -0.2) is 22.0 Å². The fourth-order valence-electron chi connectivity index (χ4n) is 2.96. The van der Waals surface area contributed by atoms with Gasteiger partial charge in [0.15, 0.2) is 0 Å². The van der Waals surface area contributed by atoms with E-state index >= 15 is 0 Å². The van der Waals surface area contributed by atoms with Gasteiger partial charge in [0.05, 0.1) is 5.69 Å². The van der Waals surface area contributed by atoms with Gasteiger partial charge in [-0.15, -0.1) is 0 Å². The minimum absolute atomic E-state index is 0.401. The molecular weight excluding hydrogens is 316 g/mol. The third-order valence-corrected chi connectivity index (χ3v) is 4.27. The number of fused-ring (bicyclic) bond motifs is 2. The Morgan fingerprint density at radius 3 is 2.44 bits per heavy atom. The zero-order valence-corrected chi connectivity index (χ0v) is 13.5. The van der Waals surface area contributed by atoms with E-state index in [-0.39, 0.29) is 0 Å². The lowest BCUT2D eigenvalue weighted by atomic mass is 10.1. The first-order valence-corrected chi connectivity index (χ1v) is 8.06. The average molecular weight is 334 g/mol. The molecule has 0 aliphatic heterocycles. The maximum atomic E-state index is 12.2. The molecule has 0 aliphatic carbocycles. The molecule has 1 atom stereocenters. The SMILES string of the molecule is N[C@@H](Cc1c[nH]c2ccccc12)C(=O)ONc1c[nH]c2ccccc12. The van der Waals surface area contributed by atoms with Crippen LogP contribution in [0.15, 0.2) is 60.9 Å². The quantitative estimate of drug-likeness (QED) is 0.422. The van der Waals surface area contributed by atoms with Gasteiger partial charge < -0.3 is 20.5 Å². The van der Waals surface area contributed by atoms with E-state index < -0.39 is 12.0 Å². The second-order valence-corrected chi connectivity index (χ2v) is 5.94. The molecule has 6 nitrogen and oxygen atoms in total. The highest BCUT2D eigenvalue weighted by Gasteiger charge is 2.18. The minimum Gasteiger partial charge on any atom is -0.361 e. The van der Waals surface area contributed by atoms with Gasteiger partial charge in [0.25, 0.3) is 0 Å². The van der Waals surface area contributed by atoms with Gasteiger partial charge in [0.1, 0.15) is 6.04 Å². The molecule has 0 unspecified atom stereocenters. The number of hydrogen-bond acceptors (Lipinski definition) is 4. The van der Waals surface area contributed by atoms with Gasteiger partial charge >= 0.3 is 5.97 Å². The van der Waals surface area contributed by atoms with Crippen molar-refractivity contribution in [2.75, 3.05) is 5.48 Å². The topological polar surface area (TPSA) is 95.9 Å². The summed E-state index contributed by atoms with van der Waals surface area (Å²) in [6, 6.07) is 14.9. The standard InChI is InChI=1S/C19H18N4O2/c20-15(9-12-10-21-16-7-3-1-5-13(12)16)19(24)25-23-18-11-22-17-8-4-2-6-14(17)18/h1-8,10-11,15,21-23H,9,20H2/t15-/m0/s1. The van der Waals surface area contributed by atoms with Gasteiger partial charge in [0, 0.05) is 40.6 Å². The summed E-state index contributed by atoms with van der Waals surface area (Å²) in [5.41, 5.74) is 12.4. The number of carbonyl (C=O) groups excluding carboxylic acids is 1. The molecule has 0 spiro atoms. The van der Waals surface area contributed by atoms with Crippen LogP contribution in [0.1, 0.15) is 5.56 Å². The fourth-order valence-corrected chi connectivity index (χ4v) is 2.96. The minimum atomic E-state index is -0.753. The molecular formula is C19H18N4O2. The highest BCUT2D eigenvalue weighted by molar-refractivity contribution is 5.92. The van der Waals surface area contributed by atoms with Crippen LogP contribution < -0.4 is 11.2 Å². The first kappa shape index (κ1) is 15.3. The summed E-state index contributed by atoms with van der Waals surface area (Å²) in [6.45, 7) is 0. The summed E-state index contributed by atoms with van der Waals surface area (Å²) in [6.07, 6.45) is 4.03. The largest absolute Gasteiger partial charge is 0.361 e. The predicted molar refractivity (Wildman–Crippen MR) is 98.0 cm³/mol. The summed E-state index contributed by atoms with van der Waals surface area (Å²) in [5, 5.41) is 2.01. The van der Waals surface area contributed by atoms with Crippen LogP contribution in [0.4, 0.5) is 5.69 Å². The van der Waals surface area contributed by atoms with Crippen molar-refractivity contribution in [3.8, 4) is 0 Å². The lowest BCUT2D eigenvalue weighted by Gasteiger charge is -2.11. The number of benzene rings is 2. The predicted octanol–water partition coefficient (Wildman–Crippen LogP) is 3.09. The van der Waals surface area contributed by atoms with Gasteiger partial charge in [-0.3, -0.25) is 0 Å². The Bertz CT molecular complexity index is 1030. The van der Waals surface area contributed by atoms with Crippen molar-refractivity contribution in [1.29, 1.82) is 0 Å². The maximum Gasteiger partial charge on any atom is 0.348 e. The van der Waals surface area contributed by atoms with E-state index in [9.17, 15) is 4.79 Å². The molecule has 5 N–H and O–H groups in total. The van der Waals surface area contributed by atoms with Crippen LogP contribution in [0, 0.1) is 0 Å².